The predicted octanol–water partition coefficient (Wildman–Crippen LogP) is 2.02. The van der Waals surface area contributed by atoms with Crippen molar-refractivity contribution in [2.24, 2.45) is 0 Å². The number of carbonyl (C=O) groups excluding carboxylic acids is 1. The van der Waals surface area contributed by atoms with E-state index in [4.69, 9.17) is 15.5 Å². The highest BCUT2D eigenvalue weighted by Gasteiger charge is 2.21. The topological polar surface area (TPSA) is 98.3 Å². The summed E-state index contributed by atoms with van der Waals surface area (Å²) in [6.07, 6.45) is 6.35. The van der Waals surface area contributed by atoms with Crippen LogP contribution >= 0.6 is 0 Å². The van der Waals surface area contributed by atoms with Crippen molar-refractivity contribution in [2.45, 2.75) is 52.0 Å². The highest BCUT2D eigenvalue weighted by atomic mass is 16.5. The highest BCUT2D eigenvalue weighted by Crippen LogP contribution is 2.31. The van der Waals surface area contributed by atoms with Gasteiger partial charge in [-0.1, -0.05) is 0 Å². The van der Waals surface area contributed by atoms with E-state index in [2.05, 4.69) is 14.9 Å². The Morgan fingerprint density at radius 2 is 1.96 bits per heavy atom. The molecular formula is C20H30N6O2. The second kappa shape index (κ2) is 8.34. The number of amides is 2. The van der Waals surface area contributed by atoms with E-state index < -0.39 is 0 Å². The van der Waals surface area contributed by atoms with Gasteiger partial charge in [0.05, 0.1) is 18.7 Å². The number of rotatable bonds is 5. The number of anilines is 1. The number of ether oxygens (including phenoxy) is 1. The molecule has 0 radical (unpaired) electrons. The number of morpholine rings is 1. The number of urea groups is 1. The average Bonchev–Trinajstić information content (AvgIpc) is 3.05. The molecule has 28 heavy (non-hydrogen) atoms. The smallest absolute Gasteiger partial charge is 0.317 e. The number of nitrogens with two attached hydrogens (primary N) is 1. The number of pyridine rings is 1. The van der Waals surface area contributed by atoms with Gasteiger partial charge in [0.2, 0.25) is 0 Å². The SMILES string of the molecule is Cc1nc2c(N)nc3c(c2n1CCCCNC(=O)N1CCOCC1)CCCC3. The van der Waals surface area contributed by atoms with Gasteiger partial charge < -0.3 is 25.3 Å². The molecule has 2 aromatic rings. The van der Waals surface area contributed by atoms with Crippen LogP contribution in [0.2, 0.25) is 0 Å². The van der Waals surface area contributed by atoms with Crippen LogP contribution in [0, 0.1) is 6.92 Å². The third-order valence-corrected chi connectivity index (χ3v) is 5.76. The first kappa shape index (κ1) is 19.0. The van der Waals surface area contributed by atoms with Crippen LogP contribution in [0.5, 0.6) is 0 Å². The van der Waals surface area contributed by atoms with Crippen molar-refractivity contribution in [1.82, 2.24) is 24.8 Å². The van der Waals surface area contributed by atoms with Gasteiger partial charge >= 0.3 is 6.03 Å². The van der Waals surface area contributed by atoms with Crippen LogP contribution in [-0.2, 0) is 24.1 Å². The van der Waals surface area contributed by atoms with Gasteiger partial charge in [-0.2, -0.15) is 0 Å². The number of carbonyl (C=O) groups is 1. The highest BCUT2D eigenvalue weighted by molar-refractivity contribution is 5.89. The molecule has 1 saturated heterocycles. The maximum atomic E-state index is 12.1. The Morgan fingerprint density at radius 1 is 1.18 bits per heavy atom. The van der Waals surface area contributed by atoms with Crippen molar-refractivity contribution in [2.75, 3.05) is 38.6 Å². The maximum absolute atomic E-state index is 12.1. The predicted molar refractivity (Wildman–Crippen MR) is 108 cm³/mol. The van der Waals surface area contributed by atoms with Crippen LogP contribution in [0.25, 0.3) is 11.0 Å². The Labute approximate surface area is 165 Å². The largest absolute Gasteiger partial charge is 0.382 e. The zero-order chi connectivity index (χ0) is 19.5. The van der Waals surface area contributed by atoms with Crippen LogP contribution in [0.15, 0.2) is 0 Å². The fraction of sp³-hybridized carbons (Fsp3) is 0.650. The minimum Gasteiger partial charge on any atom is -0.382 e. The van der Waals surface area contributed by atoms with Gasteiger partial charge in [-0.25, -0.2) is 14.8 Å². The van der Waals surface area contributed by atoms with Crippen molar-refractivity contribution in [3.8, 4) is 0 Å². The summed E-state index contributed by atoms with van der Waals surface area (Å²) in [6, 6.07) is 0.0143. The van der Waals surface area contributed by atoms with Crippen molar-refractivity contribution in [1.29, 1.82) is 0 Å². The molecule has 2 amide bonds. The van der Waals surface area contributed by atoms with Gasteiger partial charge in [-0.3, -0.25) is 0 Å². The minimum absolute atomic E-state index is 0.0143. The molecule has 0 atom stereocenters. The standard InChI is InChI=1S/C20H30N6O2/c1-14-23-17-18(15-6-2-3-7-16(15)24-19(17)21)26(14)9-5-4-8-22-20(27)25-10-12-28-13-11-25/h2-13H2,1H3,(H2,21,24)(H,22,27). The molecule has 1 aliphatic carbocycles. The third-order valence-electron chi connectivity index (χ3n) is 5.76. The number of aryl methyl sites for hydroxylation is 4. The van der Waals surface area contributed by atoms with E-state index >= 15 is 0 Å². The summed E-state index contributed by atoms with van der Waals surface area (Å²) >= 11 is 0. The van der Waals surface area contributed by atoms with Crippen molar-refractivity contribution < 1.29 is 9.53 Å². The fourth-order valence-corrected chi connectivity index (χ4v) is 4.26. The molecule has 0 unspecified atom stereocenters. The molecule has 3 N–H and O–H groups in total. The Hall–Kier alpha value is -2.35. The summed E-state index contributed by atoms with van der Waals surface area (Å²) in [5, 5.41) is 3.02. The fourth-order valence-electron chi connectivity index (χ4n) is 4.26. The van der Waals surface area contributed by atoms with Crippen LogP contribution in [0.4, 0.5) is 10.6 Å². The number of nitrogens with zero attached hydrogens (tertiary/aromatic N) is 4. The monoisotopic (exact) mass is 386 g/mol. The summed E-state index contributed by atoms with van der Waals surface area (Å²) in [6.45, 7) is 6.20. The number of imidazole rings is 1. The van der Waals surface area contributed by atoms with E-state index in [0.717, 1.165) is 49.3 Å². The number of fused-ring (bicyclic) bond motifs is 3. The molecule has 0 spiro atoms. The lowest BCUT2D eigenvalue weighted by atomic mass is 9.95. The number of hydrogen-bond acceptors (Lipinski definition) is 5. The summed E-state index contributed by atoms with van der Waals surface area (Å²) in [7, 11) is 0. The van der Waals surface area contributed by atoms with Gasteiger partial charge in [0, 0.05) is 31.9 Å². The molecule has 0 bridgehead atoms. The maximum Gasteiger partial charge on any atom is 0.317 e. The van der Waals surface area contributed by atoms with E-state index in [-0.39, 0.29) is 6.03 Å². The zero-order valence-electron chi connectivity index (χ0n) is 16.7. The lowest BCUT2D eigenvalue weighted by Crippen LogP contribution is -2.46. The number of nitrogens with one attached hydrogen (secondary N) is 1. The second-order valence-corrected chi connectivity index (χ2v) is 7.68. The Bertz CT molecular complexity index is 856. The summed E-state index contributed by atoms with van der Waals surface area (Å²) in [5.74, 6) is 1.54. The van der Waals surface area contributed by atoms with Crippen LogP contribution in [0.1, 0.15) is 42.8 Å². The Balaban J connectivity index is 1.38. The number of unbranched alkanes of at least 4 members (excludes halogenated alkanes) is 1. The second-order valence-electron chi connectivity index (χ2n) is 7.68. The van der Waals surface area contributed by atoms with Crippen LogP contribution in [0.3, 0.4) is 0 Å². The lowest BCUT2D eigenvalue weighted by molar-refractivity contribution is 0.0532. The minimum atomic E-state index is 0.0143. The molecule has 2 aliphatic rings. The molecule has 1 fully saturated rings. The number of aromatic nitrogens is 3. The molecule has 2 aromatic heterocycles. The summed E-state index contributed by atoms with van der Waals surface area (Å²) in [5.41, 5.74) is 10.7. The Kier molecular flexibility index (Phi) is 5.66. The molecule has 152 valence electrons. The molecular weight excluding hydrogens is 356 g/mol. The first-order chi connectivity index (χ1) is 13.6. The van der Waals surface area contributed by atoms with Gasteiger partial charge in [0.15, 0.2) is 5.82 Å². The van der Waals surface area contributed by atoms with Gasteiger partial charge in [-0.05, 0) is 51.0 Å². The average molecular weight is 387 g/mol. The third kappa shape index (κ3) is 3.78. The van der Waals surface area contributed by atoms with Gasteiger partial charge in [-0.15, -0.1) is 0 Å². The van der Waals surface area contributed by atoms with Crippen molar-refractivity contribution in [3.63, 3.8) is 0 Å². The first-order valence-corrected chi connectivity index (χ1v) is 10.4. The van der Waals surface area contributed by atoms with Gasteiger partial charge in [0.25, 0.3) is 0 Å². The normalized spacial score (nSPS) is 17.0. The lowest BCUT2D eigenvalue weighted by Gasteiger charge is -2.26. The van der Waals surface area contributed by atoms with E-state index in [1.54, 1.807) is 0 Å². The van der Waals surface area contributed by atoms with Gasteiger partial charge in [0.1, 0.15) is 11.3 Å². The molecule has 3 heterocycles. The molecule has 0 aromatic carbocycles. The number of hydrogen-bond donors (Lipinski definition) is 2. The Morgan fingerprint density at radius 3 is 2.79 bits per heavy atom. The summed E-state index contributed by atoms with van der Waals surface area (Å²) < 4.78 is 7.58. The molecule has 4 rings (SSSR count). The van der Waals surface area contributed by atoms with E-state index in [1.807, 2.05) is 11.8 Å². The quantitative estimate of drug-likeness (QED) is 0.766. The zero-order valence-corrected chi connectivity index (χ0v) is 16.7. The summed E-state index contributed by atoms with van der Waals surface area (Å²) in [4.78, 5) is 23.3. The van der Waals surface area contributed by atoms with Crippen LogP contribution < -0.4 is 11.1 Å². The van der Waals surface area contributed by atoms with E-state index in [9.17, 15) is 4.79 Å². The molecule has 8 nitrogen and oxygen atoms in total. The van der Waals surface area contributed by atoms with E-state index in [1.165, 1.54) is 23.9 Å². The van der Waals surface area contributed by atoms with Crippen LogP contribution in [-0.4, -0.2) is 58.3 Å². The van der Waals surface area contributed by atoms with Crippen molar-refractivity contribution >= 4 is 22.9 Å². The molecule has 1 aliphatic heterocycles. The molecule has 0 saturated carbocycles. The first-order valence-electron chi connectivity index (χ1n) is 10.4. The van der Waals surface area contributed by atoms with E-state index in [0.29, 0.717) is 38.7 Å². The number of nitrogen functional groups attached to an aromatic ring is 1. The van der Waals surface area contributed by atoms with Crippen molar-refractivity contribution in [3.05, 3.63) is 17.1 Å². The molecule has 8 heteroatoms.